The first kappa shape index (κ1) is 15.5. The number of sulfonamides is 1. The molecule has 0 aromatic heterocycles. The molecule has 0 saturated heterocycles. The van der Waals surface area contributed by atoms with Crippen molar-refractivity contribution in [1.82, 2.24) is 5.32 Å². The molecule has 1 aliphatic heterocycles. The fourth-order valence-corrected chi connectivity index (χ4v) is 4.31. The van der Waals surface area contributed by atoms with Crippen molar-refractivity contribution in [2.75, 3.05) is 17.4 Å². The molecule has 1 amide bonds. The highest BCUT2D eigenvalue weighted by atomic mass is 32.2. The van der Waals surface area contributed by atoms with Crippen LogP contribution in [0.1, 0.15) is 6.92 Å². The summed E-state index contributed by atoms with van der Waals surface area (Å²) in [5.41, 5.74) is 1.20. The van der Waals surface area contributed by atoms with Crippen LogP contribution in [0.5, 0.6) is 0 Å². The number of amides is 1. The molecule has 1 aliphatic rings. The van der Waals surface area contributed by atoms with Crippen molar-refractivity contribution >= 4 is 21.6 Å². The quantitative estimate of drug-likeness (QED) is 0.935. The summed E-state index contributed by atoms with van der Waals surface area (Å²) in [7, 11) is -3.87. The largest absolute Gasteiger partial charge is 0.355 e. The SMILES string of the molecule is CCNC(=O)CN1c2ccc(F)cc2-c2ccccc2S1(=O)=O. The first-order valence-electron chi connectivity index (χ1n) is 7.13. The molecule has 0 radical (unpaired) electrons. The van der Waals surface area contributed by atoms with E-state index in [0.29, 0.717) is 23.4 Å². The smallest absolute Gasteiger partial charge is 0.265 e. The van der Waals surface area contributed by atoms with Crippen LogP contribution in [0.25, 0.3) is 11.1 Å². The number of carbonyl (C=O) groups excluding carboxylic acids is 1. The Kier molecular flexibility index (Phi) is 3.81. The summed E-state index contributed by atoms with van der Waals surface area (Å²) in [5.74, 6) is -0.874. The average Bonchev–Trinajstić information content (AvgIpc) is 2.52. The van der Waals surface area contributed by atoms with Crippen molar-refractivity contribution in [3.8, 4) is 11.1 Å². The molecule has 0 aliphatic carbocycles. The van der Waals surface area contributed by atoms with Crippen LogP contribution in [0.4, 0.5) is 10.1 Å². The molecule has 0 bridgehead atoms. The molecule has 0 fully saturated rings. The van der Waals surface area contributed by atoms with Gasteiger partial charge in [-0.2, -0.15) is 0 Å². The van der Waals surface area contributed by atoms with E-state index in [0.717, 1.165) is 4.31 Å². The van der Waals surface area contributed by atoms with Gasteiger partial charge in [0.15, 0.2) is 0 Å². The van der Waals surface area contributed by atoms with E-state index >= 15 is 0 Å². The lowest BCUT2D eigenvalue weighted by molar-refractivity contribution is -0.119. The molecule has 0 spiro atoms. The van der Waals surface area contributed by atoms with Gasteiger partial charge in [-0.1, -0.05) is 18.2 Å². The van der Waals surface area contributed by atoms with E-state index in [4.69, 9.17) is 0 Å². The number of rotatable bonds is 3. The maximum Gasteiger partial charge on any atom is 0.265 e. The fraction of sp³-hybridized carbons (Fsp3) is 0.188. The van der Waals surface area contributed by atoms with Crippen molar-refractivity contribution in [2.24, 2.45) is 0 Å². The first-order chi connectivity index (χ1) is 10.9. The van der Waals surface area contributed by atoms with Gasteiger partial charge in [0.1, 0.15) is 12.4 Å². The average molecular weight is 334 g/mol. The van der Waals surface area contributed by atoms with E-state index in [1.54, 1.807) is 25.1 Å². The van der Waals surface area contributed by atoms with Crippen LogP contribution >= 0.6 is 0 Å². The summed E-state index contributed by atoms with van der Waals surface area (Å²) < 4.78 is 40.4. The number of halogens is 1. The van der Waals surface area contributed by atoms with Crippen molar-refractivity contribution in [1.29, 1.82) is 0 Å². The Hall–Kier alpha value is -2.41. The minimum Gasteiger partial charge on any atom is -0.355 e. The summed E-state index contributed by atoms with van der Waals surface area (Å²) in [6.45, 7) is 1.81. The Bertz CT molecular complexity index is 881. The minimum atomic E-state index is -3.87. The molecule has 5 nitrogen and oxygen atoms in total. The van der Waals surface area contributed by atoms with Gasteiger partial charge >= 0.3 is 0 Å². The Labute approximate surface area is 133 Å². The van der Waals surface area contributed by atoms with Gasteiger partial charge in [-0.25, -0.2) is 12.8 Å². The number of hydrogen-bond acceptors (Lipinski definition) is 3. The summed E-state index contributed by atoms with van der Waals surface area (Å²) in [5, 5.41) is 2.58. The fourth-order valence-electron chi connectivity index (χ4n) is 2.66. The molecule has 2 aromatic carbocycles. The van der Waals surface area contributed by atoms with Crippen LogP contribution in [-0.2, 0) is 14.8 Å². The van der Waals surface area contributed by atoms with Crippen LogP contribution < -0.4 is 9.62 Å². The molecule has 0 saturated carbocycles. The highest BCUT2D eigenvalue weighted by Gasteiger charge is 2.35. The van der Waals surface area contributed by atoms with E-state index in [-0.39, 0.29) is 11.4 Å². The van der Waals surface area contributed by atoms with E-state index in [9.17, 15) is 17.6 Å². The zero-order valence-electron chi connectivity index (χ0n) is 12.4. The van der Waals surface area contributed by atoms with Crippen molar-refractivity contribution in [2.45, 2.75) is 11.8 Å². The van der Waals surface area contributed by atoms with E-state index in [1.165, 1.54) is 24.3 Å². The highest BCUT2D eigenvalue weighted by molar-refractivity contribution is 7.93. The zero-order chi connectivity index (χ0) is 16.6. The first-order valence-corrected chi connectivity index (χ1v) is 8.57. The third kappa shape index (κ3) is 2.57. The number of benzene rings is 2. The molecule has 0 unspecified atom stereocenters. The van der Waals surface area contributed by atoms with Gasteiger partial charge in [-0.3, -0.25) is 9.10 Å². The van der Waals surface area contributed by atoms with Crippen LogP contribution in [0.3, 0.4) is 0 Å². The van der Waals surface area contributed by atoms with Gasteiger partial charge < -0.3 is 5.32 Å². The molecule has 120 valence electrons. The highest BCUT2D eigenvalue weighted by Crippen LogP contribution is 2.42. The van der Waals surface area contributed by atoms with Crippen LogP contribution in [0.2, 0.25) is 0 Å². The standard InChI is InChI=1S/C16H15FN2O3S/c1-2-18-16(20)10-19-14-8-7-11(17)9-13(14)12-5-3-4-6-15(12)23(19,21)22/h3-9H,2,10H2,1H3,(H,18,20). The lowest BCUT2D eigenvalue weighted by Crippen LogP contribution is -2.42. The number of fused-ring (bicyclic) bond motifs is 3. The normalized spacial score (nSPS) is 14.8. The zero-order valence-corrected chi connectivity index (χ0v) is 13.2. The van der Waals surface area contributed by atoms with Crippen LogP contribution in [0.15, 0.2) is 47.4 Å². The summed E-state index contributed by atoms with van der Waals surface area (Å²) in [6.07, 6.45) is 0. The van der Waals surface area contributed by atoms with Gasteiger partial charge in [0.2, 0.25) is 5.91 Å². The predicted octanol–water partition coefficient (Wildman–Crippen LogP) is 2.14. The minimum absolute atomic E-state index is 0.0717. The van der Waals surface area contributed by atoms with Gasteiger partial charge in [-0.05, 0) is 31.2 Å². The summed E-state index contributed by atoms with van der Waals surface area (Å²) in [6, 6.07) is 10.3. The lowest BCUT2D eigenvalue weighted by Gasteiger charge is -2.31. The monoisotopic (exact) mass is 334 g/mol. The second-order valence-corrected chi connectivity index (χ2v) is 6.95. The summed E-state index contributed by atoms with van der Waals surface area (Å²) in [4.78, 5) is 12.0. The van der Waals surface area contributed by atoms with Crippen molar-refractivity contribution in [3.63, 3.8) is 0 Å². The molecular formula is C16H15FN2O3S. The third-order valence-corrected chi connectivity index (χ3v) is 5.45. The molecule has 3 rings (SSSR count). The van der Waals surface area contributed by atoms with Crippen LogP contribution in [-0.4, -0.2) is 27.4 Å². The number of nitrogens with one attached hydrogen (secondary N) is 1. The van der Waals surface area contributed by atoms with E-state index in [2.05, 4.69) is 5.32 Å². The number of carbonyl (C=O) groups is 1. The molecule has 1 heterocycles. The van der Waals surface area contributed by atoms with Gasteiger partial charge in [0.05, 0.1) is 10.6 Å². The second kappa shape index (κ2) is 5.66. The van der Waals surface area contributed by atoms with E-state index < -0.39 is 21.7 Å². The van der Waals surface area contributed by atoms with Gasteiger partial charge in [-0.15, -0.1) is 0 Å². The second-order valence-electron chi connectivity index (χ2n) is 5.12. The molecule has 1 N–H and O–H groups in total. The molecule has 0 atom stereocenters. The Morgan fingerprint density at radius 3 is 2.65 bits per heavy atom. The number of nitrogens with zero attached hydrogens (tertiary/aromatic N) is 1. The van der Waals surface area contributed by atoms with Crippen molar-refractivity contribution in [3.05, 3.63) is 48.3 Å². The number of anilines is 1. The molecule has 7 heteroatoms. The Morgan fingerprint density at radius 1 is 1.17 bits per heavy atom. The van der Waals surface area contributed by atoms with Crippen LogP contribution in [0, 0.1) is 5.82 Å². The lowest BCUT2D eigenvalue weighted by atomic mass is 10.0. The van der Waals surface area contributed by atoms with E-state index in [1.807, 2.05) is 0 Å². The topological polar surface area (TPSA) is 66.5 Å². The third-order valence-electron chi connectivity index (χ3n) is 3.63. The van der Waals surface area contributed by atoms with Gasteiger partial charge in [0.25, 0.3) is 10.0 Å². The number of likely N-dealkylation sites (N-methyl/N-ethyl adjacent to an activating group) is 1. The van der Waals surface area contributed by atoms with Gasteiger partial charge in [0, 0.05) is 17.7 Å². The molecular weight excluding hydrogens is 319 g/mol. The Balaban J connectivity index is 2.21. The summed E-state index contributed by atoms with van der Waals surface area (Å²) >= 11 is 0. The maximum absolute atomic E-state index is 13.6. The molecule has 2 aromatic rings. The molecule has 23 heavy (non-hydrogen) atoms. The van der Waals surface area contributed by atoms with Crippen molar-refractivity contribution < 1.29 is 17.6 Å². The predicted molar refractivity (Wildman–Crippen MR) is 85.1 cm³/mol. The number of hydrogen-bond donors (Lipinski definition) is 1. The maximum atomic E-state index is 13.6. The Morgan fingerprint density at radius 2 is 1.91 bits per heavy atom.